The summed E-state index contributed by atoms with van der Waals surface area (Å²) in [6.07, 6.45) is 0. The average Bonchev–Trinajstić information content (AvgIpc) is 2.84. The summed E-state index contributed by atoms with van der Waals surface area (Å²) in [6, 6.07) is 5.77. The van der Waals surface area contributed by atoms with Crippen molar-refractivity contribution in [1.29, 1.82) is 0 Å². The standard InChI is InChI=1S/C12H14ClN3O/c1-16-11-8(13)3-2-4-10(11)15-12(16)7-5-17-6-9(7)14/h2-4,7,9H,5-6,14H2,1H3. The van der Waals surface area contributed by atoms with E-state index in [-0.39, 0.29) is 12.0 Å². The molecule has 0 bridgehead atoms. The number of aryl methyl sites for hydroxylation is 1. The van der Waals surface area contributed by atoms with Crippen LogP contribution >= 0.6 is 11.6 Å². The second-order valence-corrected chi connectivity index (χ2v) is 4.85. The number of aromatic nitrogens is 2. The molecule has 5 heteroatoms. The van der Waals surface area contributed by atoms with E-state index in [1.165, 1.54) is 0 Å². The molecule has 0 radical (unpaired) electrons. The molecule has 3 rings (SSSR count). The van der Waals surface area contributed by atoms with Gasteiger partial charge < -0.3 is 15.0 Å². The number of para-hydroxylation sites is 1. The lowest BCUT2D eigenvalue weighted by molar-refractivity contribution is 0.190. The average molecular weight is 252 g/mol. The van der Waals surface area contributed by atoms with E-state index in [1.54, 1.807) is 0 Å². The summed E-state index contributed by atoms with van der Waals surface area (Å²) >= 11 is 6.20. The maximum Gasteiger partial charge on any atom is 0.116 e. The Kier molecular flexibility index (Phi) is 2.58. The SMILES string of the molecule is Cn1c(C2COCC2N)nc2cccc(Cl)c21. The molecule has 1 fully saturated rings. The monoisotopic (exact) mass is 251 g/mol. The molecule has 1 aromatic carbocycles. The third-order valence-corrected chi connectivity index (χ3v) is 3.64. The minimum atomic E-state index is 0.0179. The molecule has 1 saturated heterocycles. The Balaban J connectivity index is 2.18. The number of benzene rings is 1. The molecule has 1 aliphatic heterocycles. The van der Waals surface area contributed by atoms with Gasteiger partial charge in [-0.2, -0.15) is 0 Å². The van der Waals surface area contributed by atoms with Crippen LogP contribution in [0.1, 0.15) is 11.7 Å². The van der Waals surface area contributed by atoms with Crippen LogP contribution in [0.2, 0.25) is 5.02 Å². The van der Waals surface area contributed by atoms with Gasteiger partial charge in [0.25, 0.3) is 0 Å². The van der Waals surface area contributed by atoms with Gasteiger partial charge in [0.2, 0.25) is 0 Å². The topological polar surface area (TPSA) is 53.1 Å². The Morgan fingerprint density at radius 3 is 2.94 bits per heavy atom. The smallest absolute Gasteiger partial charge is 0.116 e. The predicted molar refractivity (Wildman–Crippen MR) is 67.3 cm³/mol. The molecule has 17 heavy (non-hydrogen) atoms. The molecule has 2 unspecified atom stereocenters. The van der Waals surface area contributed by atoms with Gasteiger partial charge in [0.15, 0.2) is 0 Å². The van der Waals surface area contributed by atoms with Crippen LogP contribution in [0.3, 0.4) is 0 Å². The van der Waals surface area contributed by atoms with Gasteiger partial charge in [-0.3, -0.25) is 0 Å². The van der Waals surface area contributed by atoms with E-state index in [0.717, 1.165) is 21.9 Å². The third-order valence-electron chi connectivity index (χ3n) is 3.34. The lowest BCUT2D eigenvalue weighted by atomic mass is 10.0. The van der Waals surface area contributed by atoms with E-state index in [4.69, 9.17) is 22.1 Å². The Labute approximate surface area is 104 Å². The second kappa shape index (κ2) is 3.98. The largest absolute Gasteiger partial charge is 0.379 e. The van der Waals surface area contributed by atoms with Crippen LogP contribution < -0.4 is 5.73 Å². The lowest BCUT2D eigenvalue weighted by Gasteiger charge is -2.12. The highest BCUT2D eigenvalue weighted by atomic mass is 35.5. The van der Waals surface area contributed by atoms with Crippen molar-refractivity contribution in [3.05, 3.63) is 29.0 Å². The highest BCUT2D eigenvalue weighted by Crippen LogP contribution is 2.29. The zero-order valence-electron chi connectivity index (χ0n) is 9.56. The highest BCUT2D eigenvalue weighted by Gasteiger charge is 2.30. The molecule has 2 atom stereocenters. The maximum atomic E-state index is 6.20. The first-order chi connectivity index (χ1) is 8.18. The van der Waals surface area contributed by atoms with Crippen molar-refractivity contribution in [2.75, 3.05) is 13.2 Å². The first-order valence-electron chi connectivity index (χ1n) is 5.62. The summed E-state index contributed by atoms with van der Waals surface area (Å²) in [6.45, 7) is 1.23. The molecule has 2 N–H and O–H groups in total. The van der Waals surface area contributed by atoms with E-state index in [1.807, 2.05) is 29.8 Å². The molecule has 90 valence electrons. The Hall–Kier alpha value is -1.10. The minimum absolute atomic E-state index is 0.0179. The Morgan fingerprint density at radius 2 is 2.29 bits per heavy atom. The van der Waals surface area contributed by atoms with Crippen molar-refractivity contribution in [2.24, 2.45) is 12.8 Å². The van der Waals surface area contributed by atoms with Crippen molar-refractivity contribution in [1.82, 2.24) is 9.55 Å². The van der Waals surface area contributed by atoms with Crippen LogP contribution in [-0.2, 0) is 11.8 Å². The van der Waals surface area contributed by atoms with Gasteiger partial charge in [-0.05, 0) is 12.1 Å². The van der Waals surface area contributed by atoms with E-state index >= 15 is 0 Å². The van der Waals surface area contributed by atoms with Gasteiger partial charge in [0.1, 0.15) is 5.82 Å². The summed E-state index contributed by atoms with van der Waals surface area (Å²) in [7, 11) is 1.97. The second-order valence-electron chi connectivity index (χ2n) is 4.44. The number of halogens is 1. The van der Waals surface area contributed by atoms with Gasteiger partial charge in [0.05, 0.1) is 35.2 Å². The molecular formula is C12H14ClN3O. The van der Waals surface area contributed by atoms with Gasteiger partial charge in [0, 0.05) is 13.1 Å². The molecule has 2 heterocycles. The maximum absolute atomic E-state index is 6.20. The number of nitrogens with two attached hydrogens (primary N) is 1. The van der Waals surface area contributed by atoms with Crippen LogP contribution in [0.15, 0.2) is 18.2 Å². The van der Waals surface area contributed by atoms with Crippen molar-refractivity contribution in [3.8, 4) is 0 Å². The summed E-state index contributed by atoms with van der Waals surface area (Å²) in [4.78, 5) is 4.62. The molecule has 1 aliphatic rings. The molecule has 0 amide bonds. The molecular weight excluding hydrogens is 238 g/mol. The number of hydrogen-bond donors (Lipinski definition) is 1. The van der Waals surface area contributed by atoms with Crippen LogP contribution in [0.25, 0.3) is 11.0 Å². The van der Waals surface area contributed by atoms with Crippen molar-refractivity contribution in [3.63, 3.8) is 0 Å². The Bertz CT molecular complexity index is 566. The fraction of sp³-hybridized carbons (Fsp3) is 0.417. The van der Waals surface area contributed by atoms with Crippen LogP contribution in [0.4, 0.5) is 0 Å². The van der Waals surface area contributed by atoms with Gasteiger partial charge in [-0.1, -0.05) is 17.7 Å². The fourth-order valence-electron chi connectivity index (χ4n) is 2.41. The zero-order valence-corrected chi connectivity index (χ0v) is 10.3. The zero-order chi connectivity index (χ0) is 12.0. The van der Waals surface area contributed by atoms with E-state index in [0.29, 0.717) is 13.2 Å². The van der Waals surface area contributed by atoms with Crippen LogP contribution in [0, 0.1) is 0 Å². The molecule has 2 aromatic rings. The quantitative estimate of drug-likeness (QED) is 0.839. The molecule has 0 spiro atoms. The van der Waals surface area contributed by atoms with Crippen molar-refractivity contribution in [2.45, 2.75) is 12.0 Å². The first-order valence-corrected chi connectivity index (χ1v) is 6.00. The van der Waals surface area contributed by atoms with Crippen LogP contribution in [0.5, 0.6) is 0 Å². The highest BCUT2D eigenvalue weighted by molar-refractivity contribution is 6.35. The van der Waals surface area contributed by atoms with E-state index < -0.39 is 0 Å². The Morgan fingerprint density at radius 1 is 1.47 bits per heavy atom. The number of ether oxygens (including phenoxy) is 1. The van der Waals surface area contributed by atoms with E-state index in [9.17, 15) is 0 Å². The lowest BCUT2D eigenvalue weighted by Crippen LogP contribution is -2.28. The first kappa shape index (κ1) is 11.0. The number of fused-ring (bicyclic) bond motifs is 1. The third kappa shape index (κ3) is 1.64. The van der Waals surface area contributed by atoms with Gasteiger partial charge >= 0.3 is 0 Å². The number of rotatable bonds is 1. The number of nitrogens with zero attached hydrogens (tertiary/aromatic N) is 2. The van der Waals surface area contributed by atoms with Crippen LogP contribution in [-0.4, -0.2) is 28.8 Å². The normalized spacial score (nSPS) is 24.6. The predicted octanol–water partition coefficient (Wildman–Crippen LogP) is 1.67. The summed E-state index contributed by atoms with van der Waals surface area (Å²) < 4.78 is 7.42. The summed E-state index contributed by atoms with van der Waals surface area (Å²) in [5.41, 5.74) is 7.90. The number of hydrogen-bond acceptors (Lipinski definition) is 3. The molecule has 0 saturated carbocycles. The summed E-state index contributed by atoms with van der Waals surface area (Å²) in [5, 5.41) is 0.719. The van der Waals surface area contributed by atoms with Crippen molar-refractivity contribution < 1.29 is 4.74 Å². The van der Waals surface area contributed by atoms with E-state index in [2.05, 4.69) is 4.98 Å². The fourth-order valence-corrected chi connectivity index (χ4v) is 2.70. The summed E-state index contributed by atoms with van der Waals surface area (Å²) in [5.74, 6) is 1.11. The van der Waals surface area contributed by atoms with Crippen molar-refractivity contribution >= 4 is 22.6 Å². The minimum Gasteiger partial charge on any atom is -0.379 e. The molecule has 4 nitrogen and oxygen atoms in total. The number of imidazole rings is 1. The molecule has 0 aliphatic carbocycles. The van der Waals surface area contributed by atoms with Gasteiger partial charge in [-0.15, -0.1) is 0 Å². The van der Waals surface area contributed by atoms with Gasteiger partial charge in [-0.25, -0.2) is 4.98 Å². The molecule has 1 aromatic heterocycles.